The van der Waals surface area contributed by atoms with E-state index in [1.54, 1.807) is 0 Å². The minimum atomic E-state index is 0.405. The standard InChI is InChI=1S/C19H34N2/c1-6-8-12-15-21(5)19(16(3)4)18(20-7-2)17-13-10-9-11-14-17/h9-11,13-14,16,18-20H,6-8,12,15H2,1-5H3. The Labute approximate surface area is 131 Å². The molecule has 0 heterocycles. The van der Waals surface area contributed by atoms with Crippen molar-refractivity contribution in [3.8, 4) is 0 Å². The average molecular weight is 290 g/mol. The Morgan fingerprint density at radius 3 is 2.24 bits per heavy atom. The van der Waals surface area contributed by atoms with Crippen molar-refractivity contribution in [3.63, 3.8) is 0 Å². The molecule has 120 valence electrons. The van der Waals surface area contributed by atoms with Gasteiger partial charge in [-0.15, -0.1) is 0 Å². The summed E-state index contributed by atoms with van der Waals surface area (Å²) in [7, 11) is 2.29. The second kappa shape index (κ2) is 9.97. The van der Waals surface area contributed by atoms with Crippen LogP contribution in [0.3, 0.4) is 0 Å². The highest BCUT2D eigenvalue weighted by Crippen LogP contribution is 2.26. The van der Waals surface area contributed by atoms with E-state index in [2.05, 4.69) is 75.3 Å². The quantitative estimate of drug-likeness (QED) is 0.639. The molecule has 0 amide bonds. The van der Waals surface area contributed by atoms with Gasteiger partial charge in [0.25, 0.3) is 0 Å². The molecule has 1 rings (SSSR count). The van der Waals surface area contributed by atoms with Gasteiger partial charge >= 0.3 is 0 Å². The molecule has 0 radical (unpaired) electrons. The molecular weight excluding hydrogens is 256 g/mol. The maximum absolute atomic E-state index is 3.71. The lowest BCUT2D eigenvalue weighted by molar-refractivity contribution is 0.145. The Hall–Kier alpha value is -0.860. The summed E-state index contributed by atoms with van der Waals surface area (Å²) in [5, 5.41) is 3.71. The molecule has 21 heavy (non-hydrogen) atoms. The van der Waals surface area contributed by atoms with Gasteiger partial charge in [0.2, 0.25) is 0 Å². The van der Waals surface area contributed by atoms with Gasteiger partial charge < -0.3 is 10.2 Å². The van der Waals surface area contributed by atoms with E-state index in [9.17, 15) is 0 Å². The monoisotopic (exact) mass is 290 g/mol. The van der Waals surface area contributed by atoms with Crippen LogP contribution >= 0.6 is 0 Å². The summed E-state index contributed by atoms with van der Waals surface area (Å²) in [5.74, 6) is 0.626. The van der Waals surface area contributed by atoms with Gasteiger partial charge in [-0.25, -0.2) is 0 Å². The molecule has 0 spiro atoms. The average Bonchev–Trinajstić information content (AvgIpc) is 2.47. The third kappa shape index (κ3) is 5.80. The maximum Gasteiger partial charge on any atom is 0.0480 e. The van der Waals surface area contributed by atoms with Crippen molar-refractivity contribution in [2.75, 3.05) is 20.1 Å². The van der Waals surface area contributed by atoms with Crippen LogP contribution in [0.5, 0.6) is 0 Å². The van der Waals surface area contributed by atoms with Crippen molar-refractivity contribution < 1.29 is 0 Å². The molecule has 0 aromatic heterocycles. The van der Waals surface area contributed by atoms with Gasteiger partial charge in [-0.2, -0.15) is 0 Å². The van der Waals surface area contributed by atoms with Crippen LogP contribution in [-0.2, 0) is 0 Å². The molecule has 0 bridgehead atoms. The molecule has 1 aromatic rings. The first-order chi connectivity index (χ1) is 10.1. The summed E-state index contributed by atoms with van der Waals surface area (Å²) in [6.45, 7) is 11.3. The van der Waals surface area contributed by atoms with Crippen molar-refractivity contribution >= 4 is 0 Å². The number of hydrogen-bond donors (Lipinski definition) is 1. The predicted molar refractivity (Wildman–Crippen MR) is 93.6 cm³/mol. The molecular formula is C19H34N2. The van der Waals surface area contributed by atoms with Gasteiger partial charge in [-0.3, -0.25) is 0 Å². The summed E-state index contributed by atoms with van der Waals surface area (Å²) >= 11 is 0. The van der Waals surface area contributed by atoms with Crippen molar-refractivity contribution in [1.29, 1.82) is 0 Å². The highest BCUT2D eigenvalue weighted by atomic mass is 15.2. The lowest BCUT2D eigenvalue weighted by Gasteiger charge is -2.38. The zero-order valence-corrected chi connectivity index (χ0v) is 14.6. The second-order valence-corrected chi connectivity index (χ2v) is 6.37. The summed E-state index contributed by atoms with van der Waals surface area (Å²) in [4.78, 5) is 2.56. The van der Waals surface area contributed by atoms with Crippen molar-refractivity contribution in [2.45, 2.75) is 59.0 Å². The molecule has 0 aliphatic heterocycles. The van der Waals surface area contributed by atoms with Crippen molar-refractivity contribution in [2.24, 2.45) is 5.92 Å². The molecule has 2 atom stereocenters. The summed E-state index contributed by atoms with van der Waals surface area (Å²) in [6.07, 6.45) is 3.91. The minimum Gasteiger partial charge on any atom is -0.309 e. The lowest BCUT2D eigenvalue weighted by atomic mass is 9.89. The van der Waals surface area contributed by atoms with Gasteiger partial charge in [0.05, 0.1) is 0 Å². The molecule has 2 nitrogen and oxygen atoms in total. The molecule has 0 saturated heterocycles. The number of likely N-dealkylation sites (N-methyl/N-ethyl adjacent to an activating group) is 2. The van der Waals surface area contributed by atoms with Crippen LogP contribution in [0.4, 0.5) is 0 Å². The zero-order chi connectivity index (χ0) is 15.7. The topological polar surface area (TPSA) is 15.3 Å². The van der Waals surface area contributed by atoms with E-state index in [4.69, 9.17) is 0 Å². The Kier molecular flexibility index (Phi) is 8.63. The minimum absolute atomic E-state index is 0.405. The lowest BCUT2D eigenvalue weighted by Crippen LogP contribution is -2.46. The molecule has 0 aliphatic rings. The van der Waals surface area contributed by atoms with Crippen LogP contribution in [0.15, 0.2) is 30.3 Å². The van der Waals surface area contributed by atoms with E-state index >= 15 is 0 Å². The SMILES string of the molecule is CCCCCN(C)C(C(C)C)C(NCC)c1ccccc1. The van der Waals surface area contributed by atoms with Crippen molar-refractivity contribution in [1.82, 2.24) is 10.2 Å². The summed E-state index contributed by atoms with van der Waals surface area (Å²) in [6, 6.07) is 11.8. The number of benzene rings is 1. The van der Waals surface area contributed by atoms with Crippen LogP contribution in [0.2, 0.25) is 0 Å². The fraction of sp³-hybridized carbons (Fsp3) is 0.684. The van der Waals surface area contributed by atoms with Gasteiger partial charge in [-0.05, 0) is 38.0 Å². The maximum atomic E-state index is 3.71. The third-order valence-corrected chi connectivity index (χ3v) is 4.23. The number of unbranched alkanes of at least 4 members (excludes halogenated alkanes) is 2. The van der Waals surface area contributed by atoms with Crippen LogP contribution in [0, 0.1) is 5.92 Å². The smallest absolute Gasteiger partial charge is 0.0480 e. The van der Waals surface area contributed by atoms with E-state index in [-0.39, 0.29) is 0 Å². The summed E-state index contributed by atoms with van der Waals surface area (Å²) < 4.78 is 0. The fourth-order valence-electron chi connectivity index (χ4n) is 3.22. The Morgan fingerprint density at radius 2 is 1.71 bits per heavy atom. The van der Waals surface area contributed by atoms with Crippen LogP contribution in [0.1, 0.15) is 58.6 Å². The van der Waals surface area contributed by atoms with Crippen LogP contribution < -0.4 is 5.32 Å². The normalized spacial score (nSPS) is 14.6. The zero-order valence-electron chi connectivity index (χ0n) is 14.6. The van der Waals surface area contributed by atoms with Crippen molar-refractivity contribution in [3.05, 3.63) is 35.9 Å². The Balaban J connectivity index is 2.87. The first-order valence-corrected chi connectivity index (χ1v) is 8.60. The highest BCUT2D eigenvalue weighted by Gasteiger charge is 2.28. The number of rotatable bonds is 10. The van der Waals surface area contributed by atoms with E-state index in [0.717, 1.165) is 6.54 Å². The first kappa shape index (κ1) is 18.2. The van der Waals surface area contributed by atoms with Gasteiger partial charge in [0.15, 0.2) is 0 Å². The van der Waals surface area contributed by atoms with E-state index in [0.29, 0.717) is 18.0 Å². The van der Waals surface area contributed by atoms with Gasteiger partial charge in [-0.1, -0.05) is 70.9 Å². The molecule has 0 aliphatic carbocycles. The number of nitrogens with one attached hydrogen (secondary N) is 1. The highest BCUT2D eigenvalue weighted by molar-refractivity contribution is 5.21. The molecule has 0 fully saturated rings. The molecule has 0 saturated carbocycles. The molecule has 1 N–H and O–H groups in total. The van der Waals surface area contributed by atoms with Gasteiger partial charge in [0.1, 0.15) is 0 Å². The van der Waals surface area contributed by atoms with Crippen LogP contribution in [-0.4, -0.2) is 31.1 Å². The Morgan fingerprint density at radius 1 is 1.05 bits per heavy atom. The molecule has 2 heteroatoms. The van der Waals surface area contributed by atoms with E-state index in [1.165, 1.54) is 31.4 Å². The first-order valence-electron chi connectivity index (χ1n) is 8.60. The van der Waals surface area contributed by atoms with Crippen LogP contribution in [0.25, 0.3) is 0 Å². The van der Waals surface area contributed by atoms with Gasteiger partial charge in [0, 0.05) is 12.1 Å². The number of hydrogen-bond acceptors (Lipinski definition) is 2. The van der Waals surface area contributed by atoms with E-state index < -0.39 is 0 Å². The van der Waals surface area contributed by atoms with E-state index in [1.807, 2.05) is 0 Å². The largest absolute Gasteiger partial charge is 0.309 e. The molecule has 1 aromatic carbocycles. The Bertz CT molecular complexity index is 361. The predicted octanol–water partition coefficient (Wildman–Crippen LogP) is 4.48. The summed E-state index contributed by atoms with van der Waals surface area (Å²) in [5.41, 5.74) is 1.40. The fourth-order valence-corrected chi connectivity index (χ4v) is 3.22. The number of nitrogens with zero attached hydrogens (tertiary/aromatic N) is 1. The third-order valence-electron chi connectivity index (χ3n) is 4.23. The molecule has 2 unspecified atom stereocenters. The second-order valence-electron chi connectivity index (χ2n) is 6.37.